The number of thiazole rings is 1. The predicted molar refractivity (Wildman–Crippen MR) is 48.9 cm³/mol. The van der Waals surface area contributed by atoms with Gasteiger partial charge in [0, 0.05) is 5.38 Å². The number of amides is 1. The van der Waals surface area contributed by atoms with E-state index in [0.29, 0.717) is 5.13 Å². The molecule has 0 aliphatic carbocycles. The molecule has 72 valence electrons. The fourth-order valence-corrected chi connectivity index (χ4v) is 1.35. The van der Waals surface area contributed by atoms with Crippen molar-refractivity contribution in [3.05, 3.63) is 11.1 Å². The molecule has 1 rings (SSSR count). The summed E-state index contributed by atoms with van der Waals surface area (Å²) >= 11 is 1.33. The maximum atomic E-state index is 10.9. The normalized spacial score (nSPS) is 9.69. The Labute approximate surface area is 79.4 Å². The lowest BCUT2D eigenvalue weighted by Crippen LogP contribution is -2.15. The molecule has 0 radical (unpaired) electrons. The number of carbonyl (C=O) groups excluding carboxylic acids is 1. The number of nitrogens with one attached hydrogen (secondary N) is 1. The van der Waals surface area contributed by atoms with Crippen LogP contribution in [0, 0.1) is 6.92 Å². The van der Waals surface area contributed by atoms with E-state index >= 15 is 0 Å². The molecule has 1 aromatic rings. The van der Waals surface area contributed by atoms with E-state index in [0.717, 1.165) is 5.69 Å². The minimum Gasteiger partial charge on any atom is -0.447 e. The molecular weight excluding hydrogens is 192 g/mol. The molecule has 2 N–H and O–H groups in total. The van der Waals surface area contributed by atoms with E-state index in [9.17, 15) is 4.79 Å². The number of rotatable bonds is 3. The lowest BCUT2D eigenvalue weighted by molar-refractivity contribution is 0.131. The molecular formula is C7H10N2O3S. The van der Waals surface area contributed by atoms with Crippen molar-refractivity contribution < 1.29 is 14.6 Å². The van der Waals surface area contributed by atoms with Gasteiger partial charge in [0.15, 0.2) is 5.13 Å². The van der Waals surface area contributed by atoms with Crippen molar-refractivity contribution >= 4 is 22.6 Å². The van der Waals surface area contributed by atoms with Crippen LogP contribution < -0.4 is 5.32 Å². The van der Waals surface area contributed by atoms with Crippen LogP contribution in [0.25, 0.3) is 0 Å². The zero-order valence-electron chi connectivity index (χ0n) is 7.11. The summed E-state index contributed by atoms with van der Waals surface area (Å²) in [7, 11) is 0. The Morgan fingerprint density at radius 3 is 3.15 bits per heavy atom. The highest BCUT2D eigenvalue weighted by Crippen LogP contribution is 2.14. The van der Waals surface area contributed by atoms with Gasteiger partial charge in [0.1, 0.15) is 6.61 Å². The van der Waals surface area contributed by atoms with Gasteiger partial charge in [0.2, 0.25) is 0 Å². The summed E-state index contributed by atoms with van der Waals surface area (Å²) in [5.41, 5.74) is 0.849. The summed E-state index contributed by atoms with van der Waals surface area (Å²) in [6.07, 6.45) is -0.594. The Kier molecular flexibility index (Phi) is 3.66. The summed E-state index contributed by atoms with van der Waals surface area (Å²) in [6.45, 7) is 1.65. The van der Waals surface area contributed by atoms with E-state index in [1.54, 1.807) is 0 Å². The number of carbonyl (C=O) groups is 1. The number of nitrogens with zero attached hydrogens (tertiary/aromatic N) is 1. The Hall–Kier alpha value is -1.14. The molecule has 0 unspecified atom stereocenters. The first-order valence-corrected chi connectivity index (χ1v) is 4.57. The van der Waals surface area contributed by atoms with Gasteiger partial charge in [-0.15, -0.1) is 11.3 Å². The second kappa shape index (κ2) is 4.78. The van der Waals surface area contributed by atoms with Crippen molar-refractivity contribution in [2.24, 2.45) is 0 Å². The van der Waals surface area contributed by atoms with Crippen LogP contribution in [-0.4, -0.2) is 29.4 Å². The van der Waals surface area contributed by atoms with E-state index in [1.807, 2.05) is 12.3 Å². The molecule has 1 aromatic heterocycles. The van der Waals surface area contributed by atoms with E-state index in [2.05, 4.69) is 15.0 Å². The van der Waals surface area contributed by atoms with Crippen LogP contribution in [0.2, 0.25) is 0 Å². The van der Waals surface area contributed by atoms with Crippen molar-refractivity contribution in [3.63, 3.8) is 0 Å². The molecule has 1 amide bonds. The largest absolute Gasteiger partial charge is 0.447 e. The summed E-state index contributed by atoms with van der Waals surface area (Å²) in [5, 5.41) is 13.1. The molecule has 5 nitrogen and oxygen atoms in total. The van der Waals surface area contributed by atoms with Crippen LogP contribution in [0.4, 0.5) is 9.93 Å². The molecule has 0 spiro atoms. The summed E-state index contributed by atoms with van der Waals surface area (Å²) in [4.78, 5) is 14.9. The fourth-order valence-electron chi connectivity index (χ4n) is 0.673. The molecule has 0 fully saturated rings. The van der Waals surface area contributed by atoms with Gasteiger partial charge < -0.3 is 9.84 Å². The highest BCUT2D eigenvalue weighted by Gasteiger charge is 2.04. The molecule has 6 heteroatoms. The lowest BCUT2D eigenvalue weighted by atomic mass is 10.6. The summed E-state index contributed by atoms with van der Waals surface area (Å²) in [6, 6.07) is 0. The molecule has 0 aliphatic rings. The first kappa shape index (κ1) is 9.94. The minimum absolute atomic E-state index is 0.00378. The molecule has 0 saturated carbocycles. The third kappa shape index (κ3) is 3.39. The third-order valence-corrected chi connectivity index (χ3v) is 2.03. The van der Waals surface area contributed by atoms with Gasteiger partial charge in [-0.2, -0.15) is 0 Å². The minimum atomic E-state index is -0.594. The van der Waals surface area contributed by atoms with Crippen molar-refractivity contribution in [1.82, 2.24) is 4.98 Å². The van der Waals surface area contributed by atoms with Gasteiger partial charge in [0.05, 0.1) is 12.3 Å². The molecule has 0 aliphatic heterocycles. The average Bonchev–Trinajstić information content (AvgIpc) is 2.48. The van der Waals surface area contributed by atoms with Gasteiger partial charge in [-0.25, -0.2) is 9.78 Å². The van der Waals surface area contributed by atoms with E-state index in [-0.39, 0.29) is 13.2 Å². The Bertz CT molecular complexity index is 287. The second-order valence-corrected chi connectivity index (χ2v) is 3.14. The quantitative estimate of drug-likeness (QED) is 0.766. The molecule has 0 saturated heterocycles. The number of aryl methyl sites for hydroxylation is 1. The van der Waals surface area contributed by atoms with Crippen LogP contribution in [-0.2, 0) is 4.74 Å². The third-order valence-electron chi connectivity index (χ3n) is 1.15. The Morgan fingerprint density at radius 1 is 1.85 bits per heavy atom. The van der Waals surface area contributed by atoms with Crippen molar-refractivity contribution in [2.45, 2.75) is 6.92 Å². The van der Waals surface area contributed by atoms with E-state index in [4.69, 9.17) is 5.11 Å². The standard InChI is InChI=1S/C7H10N2O3S/c1-5-4-13-6(8-5)9-7(11)12-3-2-10/h4,10H,2-3H2,1H3,(H,8,9,11). The van der Waals surface area contributed by atoms with Crippen molar-refractivity contribution in [1.29, 1.82) is 0 Å². The second-order valence-electron chi connectivity index (χ2n) is 2.28. The zero-order valence-corrected chi connectivity index (χ0v) is 7.93. The number of aliphatic hydroxyl groups is 1. The Morgan fingerprint density at radius 2 is 2.62 bits per heavy atom. The van der Waals surface area contributed by atoms with Crippen LogP contribution >= 0.6 is 11.3 Å². The highest BCUT2D eigenvalue weighted by atomic mass is 32.1. The predicted octanol–water partition coefficient (Wildman–Crippen LogP) is 0.992. The van der Waals surface area contributed by atoms with Crippen LogP contribution in [0.1, 0.15) is 5.69 Å². The van der Waals surface area contributed by atoms with Crippen LogP contribution in [0.3, 0.4) is 0 Å². The number of hydrogen-bond acceptors (Lipinski definition) is 5. The smallest absolute Gasteiger partial charge is 0.413 e. The zero-order chi connectivity index (χ0) is 9.68. The van der Waals surface area contributed by atoms with Gasteiger partial charge in [-0.05, 0) is 6.92 Å². The number of aliphatic hydroxyl groups excluding tert-OH is 1. The first-order chi connectivity index (χ1) is 6.22. The number of hydrogen-bond donors (Lipinski definition) is 2. The van der Waals surface area contributed by atoms with Gasteiger partial charge in [-0.1, -0.05) is 0 Å². The first-order valence-electron chi connectivity index (χ1n) is 3.69. The van der Waals surface area contributed by atoms with Crippen LogP contribution in [0.5, 0.6) is 0 Å². The van der Waals surface area contributed by atoms with Gasteiger partial charge in [0.25, 0.3) is 0 Å². The van der Waals surface area contributed by atoms with Crippen LogP contribution in [0.15, 0.2) is 5.38 Å². The Balaban J connectivity index is 2.36. The molecule has 1 heterocycles. The average molecular weight is 202 g/mol. The van der Waals surface area contributed by atoms with Gasteiger partial charge >= 0.3 is 6.09 Å². The number of aromatic nitrogens is 1. The number of anilines is 1. The van der Waals surface area contributed by atoms with Crippen molar-refractivity contribution in [2.75, 3.05) is 18.5 Å². The van der Waals surface area contributed by atoms with E-state index in [1.165, 1.54) is 11.3 Å². The highest BCUT2D eigenvalue weighted by molar-refractivity contribution is 7.13. The van der Waals surface area contributed by atoms with E-state index < -0.39 is 6.09 Å². The monoisotopic (exact) mass is 202 g/mol. The SMILES string of the molecule is Cc1csc(NC(=O)OCCO)n1. The lowest BCUT2D eigenvalue weighted by Gasteiger charge is -2.01. The molecule has 0 atom stereocenters. The molecule has 13 heavy (non-hydrogen) atoms. The molecule has 0 aromatic carbocycles. The summed E-state index contributed by atoms with van der Waals surface area (Å²) < 4.78 is 4.57. The summed E-state index contributed by atoms with van der Waals surface area (Å²) in [5.74, 6) is 0. The topological polar surface area (TPSA) is 71.5 Å². The number of ether oxygens (including phenoxy) is 1. The maximum absolute atomic E-state index is 10.9. The van der Waals surface area contributed by atoms with Crippen molar-refractivity contribution in [3.8, 4) is 0 Å². The molecule has 0 bridgehead atoms. The maximum Gasteiger partial charge on any atom is 0.413 e. The van der Waals surface area contributed by atoms with Gasteiger partial charge in [-0.3, -0.25) is 5.32 Å². The fraction of sp³-hybridized carbons (Fsp3) is 0.429.